The highest BCUT2D eigenvalue weighted by molar-refractivity contribution is 6.10. The fourth-order valence-electron chi connectivity index (χ4n) is 2.17. The Balaban J connectivity index is 1.97. The zero-order valence-corrected chi connectivity index (χ0v) is 15.2. The van der Waals surface area contributed by atoms with Gasteiger partial charge in [-0.15, -0.1) is 0 Å². The first kappa shape index (κ1) is 20.4. The number of nitrogens with one attached hydrogen (secondary N) is 2. The maximum atomic E-state index is 12.2. The van der Waals surface area contributed by atoms with Gasteiger partial charge in [0.05, 0.1) is 18.2 Å². The largest absolute Gasteiger partial charge is 0.478 e. The first-order valence-electron chi connectivity index (χ1n) is 8.12. The number of hydrogen-bond acceptors (Lipinski definition) is 5. The molecule has 2 aromatic rings. The highest BCUT2D eigenvalue weighted by Crippen LogP contribution is 2.13. The molecule has 0 aliphatic carbocycles. The summed E-state index contributed by atoms with van der Waals surface area (Å²) in [5.41, 5.74) is 1.47. The number of anilines is 2. The Morgan fingerprint density at radius 1 is 0.857 bits per heavy atom. The number of carboxylic acids is 1. The molecule has 0 bridgehead atoms. The van der Waals surface area contributed by atoms with Gasteiger partial charge in [-0.05, 0) is 55.5 Å². The van der Waals surface area contributed by atoms with Crippen molar-refractivity contribution >= 4 is 35.1 Å². The number of carboxylic acid groups (broad SMARTS) is 1. The monoisotopic (exact) mass is 382 g/mol. The third-order valence-corrected chi connectivity index (χ3v) is 3.67. The van der Waals surface area contributed by atoms with Gasteiger partial charge in [0.2, 0.25) is 5.91 Å². The summed E-state index contributed by atoms with van der Waals surface area (Å²) < 4.78 is 4.60. The molecule has 28 heavy (non-hydrogen) atoms. The zero-order chi connectivity index (χ0) is 20.7. The minimum Gasteiger partial charge on any atom is -0.478 e. The summed E-state index contributed by atoms with van der Waals surface area (Å²) >= 11 is 0. The smallest absolute Gasteiger partial charge is 0.337 e. The predicted molar refractivity (Wildman–Crippen MR) is 102 cm³/mol. The minimum atomic E-state index is -1.06. The van der Waals surface area contributed by atoms with Gasteiger partial charge in [-0.1, -0.05) is 0 Å². The van der Waals surface area contributed by atoms with Gasteiger partial charge in [-0.3, -0.25) is 9.59 Å². The first-order chi connectivity index (χ1) is 13.3. The lowest BCUT2D eigenvalue weighted by Crippen LogP contribution is -2.16. The number of carbonyl (C=O) groups is 4. The van der Waals surface area contributed by atoms with Crippen LogP contribution in [0, 0.1) is 0 Å². The molecule has 8 nitrogen and oxygen atoms in total. The van der Waals surface area contributed by atoms with Crippen molar-refractivity contribution in [3.63, 3.8) is 0 Å². The van der Waals surface area contributed by atoms with E-state index in [-0.39, 0.29) is 11.1 Å². The maximum absolute atomic E-state index is 12.2. The fraction of sp³-hybridized carbons (Fsp3) is 0.100. The highest BCUT2D eigenvalue weighted by Gasteiger charge is 2.10. The van der Waals surface area contributed by atoms with E-state index in [9.17, 15) is 19.2 Å². The van der Waals surface area contributed by atoms with E-state index in [0.29, 0.717) is 16.9 Å². The topological polar surface area (TPSA) is 122 Å². The number of rotatable bonds is 6. The molecule has 0 saturated carbocycles. The van der Waals surface area contributed by atoms with Crippen molar-refractivity contribution in [1.82, 2.24) is 0 Å². The van der Waals surface area contributed by atoms with Gasteiger partial charge >= 0.3 is 11.9 Å². The Morgan fingerprint density at radius 2 is 1.36 bits per heavy atom. The van der Waals surface area contributed by atoms with E-state index in [0.717, 1.165) is 6.08 Å². The quantitative estimate of drug-likeness (QED) is 0.522. The highest BCUT2D eigenvalue weighted by atomic mass is 16.5. The standard InChI is InChI=1S/C20H18N2O6/c1-12(11-17(23)21-15-7-3-13(4-8-15)19(25)26)18(24)22-16-9-5-14(6-10-16)20(27)28-2/h3-11H,1-2H3,(H,21,23)(H,22,24)(H,25,26)/b12-11+. The van der Waals surface area contributed by atoms with Crippen LogP contribution >= 0.6 is 0 Å². The molecule has 0 aromatic heterocycles. The van der Waals surface area contributed by atoms with Crippen molar-refractivity contribution in [1.29, 1.82) is 0 Å². The molecular weight excluding hydrogens is 364 g/mol. The number of methoxy groups -OCH3 is 1. The number of hydrogen-bond donors (Lipinski definition) is 3. The Bertz CT molecular complexity index is 930. The van der Waals surface area contributed by atoms with Crippen LogP contribution in [0.25, 0.3) is 0 Å². The van der Waals surface area contributed by atoms with Crippen molar-refractivity contribution in [3.05, 3.63) is 71.3 Å². The zero-order valence-electron chi connectivity index (χ0n) is 15.2. The molecule has 0 spiro atoms. The Morgan fingerprint density at radius 3 is 1.86 bits per heavy atom. The van der Waals surface area contributed by atoms with Crippen molar-refractivity contribution in [3.8, 4) is 0 Å². The second-order valence-electron chi connectivity index (χ2n) is 5.72. The van der Waals surface area contributed by atoms with Crippen LogP contribution in [0.15, 0.2) is 60.2 Å². The molecule has 144 valence electrons. The number of ether oxygens (including phenoxy) is 1. The fourth-order valence-corrected chi connectivity index (χ4v) is 2.17. The van der Waals surface area contributed by atoms with Crippen molar-refractivity contribution < 1.29 is 29.0 Å². The summed E-state index contributed by atoms with van der Waals surface area (Å²) in [7, 11) is 1.28. The van der Waals surface area contributed by atoms with Crippen LogP contribution in [-0.2, 0) is 14.3 Å². The number of aromatic carboxylic acids is 1. The molecule has 8 heteroatoms. The average molecular weight is 382 g/mol. The molecule has 2 aromatic carbocycles. The van der Waals surface area contributed by atoms with Gasteiger partial charge in [0, 0.05) is 23.0 Å². The molecule has 0 aliphatic heterocycles. The van der Waals surface area contributed by atoms with Crippen LogP contribution in [0.2, 0.25) is 0 Å². The van der Waals surface area contributed by atoms with Gasteiger partial charge in [0.1, 0.15) is 0 Å². The van der Waals surface area contributed by atoms with Crippen LogP contribution in [0.5, 0.6) is 0 Å². The van der Waals surface area contributed by atoms with E-state index >= 15 is 0 Å². The lowest BCUT2D eigenvalue weighted by atomic mass is 10.2. The third kappa shape index (κ3) is 5.53. The molecule has 0 heterocycles. The number of benzene rings is 2. The summed E-state index contributed by atoms with van der Waals surface area (Å²) in [6.07, 6.45) is 1.13. The van der Waals surface area contributed by atoms with E-state index in [2.05, 4.69) is 15.4 Å². The summed E-state index contributed by atoms with van der Waals surface area (Å²) in [6.45, 7) is 1.48. The lowest BCUT2D eigenvalue weighted by molar-refractivity contribution is -0.114. The molecule has 0 aliphatic rings. The van der Waals surface area contributed by atoms with E-state index < -0.39 is 23.8 Å². The first-order valence-corrected chi connectivity index (χ1v) is 8.12. The van der Waals surface area contributed by atoms with Crippen LogP contribution in [-0.4, -0.2) is 36.0 Å². The number of esters is 1. The predicted octanol–water partition coefficient (Wildman–Crippen LogP) is 2.69. The average Bonchev–Trinajstić information content (AvgIpc) is 2.68. The molecule has 3 N–H and O–H groups in total. The van der Waals surface area contributed by atoms with E-state index in [4.69, 9.17) is 5.11 Å². The van der Waals surface area contributed by atoms with Gasteiger partial charge in [-0.25, -0.2) is 9.59 Å². The van der Waals surface area contributed by atoms with Crippen LogP contribution in [0.3, 0.4) is 0 Å². The summed E-state index contributed by atoms with van der Waals surface area (Å²) in [5.74, 6) is -2.56. The van der Waals surface area contributed by atoms with Crippen molar-refractivity contribution in [2.75, 3.05) is 17.7 Å². The molecule has 2 rings (SSSR count). The van der Waals surface area contributed by atoms with E-state index in [1.807, 2.05) is 0 Å². The molecule has 0 saturated heterocycles. The second-order valence-corrected chi connectivity index (χ2v) is 5.72. The molecular formula is C20H18N2O6. The maximum Gasteiger partial charge on any atom is 0.337 e. The Hall–Kier alpha value is -3.94. The molecule has 0 unspecified atom stereocenters. The van der Waals surface area contributed by atoms with Gasteiger partial charge in [0.25, 0.3) is 5.91 Å². The minimum absolute atomic E-state index is 0.0994. The third-order valence-electron chi connectivity index (χ3n) is 3.67. The van der Waals surface area contributed by atoms with Crippen molar-refractivity contribution in [2.45, 2.75) is 6.92 Å². The van der Waals surface area contributed by atoms with Gasteiger partial charge in [0.15, 0.2) is 0 Å². The molecule has 0 radical (unpaired) electrons. The molecule has 0 fully saturated rings. The Labute approximate surface area is 160 Å². The second kappa shape index (κ2) is 9.13. The summed E-state index contributed by atoms with van der Waals surface area (Å²) in [6, 6.07) is 11.7. The van der Waals surface area contributed by atoms with Gasteiger partial charge < -0.3 is 20.5 Å². The number of carbonyl (C=O) groups excluding carboxylic acids is 3. The molecule has 0 atom stereocenters. The van der Waals surface area contributed by atoms with Crippen LogP contribution in [0.1, 0.15) is 27.6 Å². The Kier molecular flexibility index (Phi) is 6.64. The van der Waals surface area contributed by atoms with Crippen LogP contribution < -0.4 is 10.6 Å². The van der Waals surface area contributed by atoms with Gasteiger partial charge in [-0.2, -0.15) is 0 Å². The summed E-state index contributed by atoms with van der Waals surface area (Å²) in [4.78, 5) is 46.4. The normalized spacial score (nSPS) is 10.7. The lowest BCUT2D eigenvalue weighted by Gasteiger charge is -2.07. The van der Waals surface area contributed by atoms with Crippen molar-refractivity contribution in [2.24, 2.45) is 0 Å². The number of amides is 2. The van der Waals surface area contributed by atoms with E-state index in [1.54, 1.807) is 12.1 Å². The summed E-state index contributed by atoms with van der Waals surface area (Å²) in [5, 5.41) is 14.0. The van der Waals surface area contributed by atoms with Crippen LogP contribution in [0.4, 0.5) is 11.4 Å². The SMILES string of the molecule is COC(=O)c1ccc(NC(=O)/C(C)=C/C(=O)Nc2ccc(C(=O)O)cc2)cc1. The molecule has 2 amide bonds. The van der Waals surface area contributed by atoms with E-state index in [1.165, 1.54) is 50.4 Å².